The Hall–Kier alpha value is -1.76. The van der Waals surface area contributed by atoms with Crippen molar-refractivity contribution >= 4 is 28.5 Å². The van der Waals surface area contributed by atoms with Gasteiger partial charge >= 0.3 is 5.97 Å². The third-order valence-corrected chi connectivity index (χ3v) is 3.18. The van der Waals surface area contributed by atoms with Crippen molar-refractivity contribution in [3.05, 3.63) is 35.4 Å². The molecule has 0 bridgehead atoms. The topological polar surface area (TPSA) is 62.0 Å². The zero-order valence-electron chi connectivity index (χ0n) is 9.06. The first-order valence-corrected chi connectivity index (χ1v) is 5.99. The minimum atomic E-state index is -0.965. The van der Waals surface area contributed by atoms with Crippen LogP contribution in [-0.2, 0) is 4.79 Å². The lowest BCUT2D eigenvalue weighted by atomic mass is 10.1. The molecule has 1 N–H and O–H groups in total. The fourth-order valence-corrected chi connectivity index (χ4v) is 2.06. The number of carboxylic acids is 1. The Balaban J connectivity index is 2.07. The molecule has 1 aliphatic rings. The number of carbonyl (C=O) groups is 1. The van der Waals surface area contributed by atoms with Crippen molar-refractivity contribution in [3.63, 3.8) is 0 Å². The third-order valence-electron chi connectivity index (χ3n) is 2.23. The van der Waals surface area contributed by atoms with Gasteiger partial charge in [0, 0.05) is 12.0 Å². The Kier molecular flexibility index (Phi) is 3.71. The maximum atomic E-state index is 13.5. The predicted molar refractivity (Wildman–Crippen MR) is 65.0 cm³/mol. The minimum absolute atomic E-state index is 0.0599. The van der Waals surface area contributed by atoms with Crippen LogP contribution in [0.4, 0.5) is 8.78 Å². The molecule has 2 rings (SSSR count). The van der Waals surface area contributed by atoms with Crippen LogP contribution in [0.1, 0.15) is 12.0 Å². The maximum absolute atomic E-state index is 13.5. The number of rotatable bonds is 3. The Morgan fingerprint density at radius 3 is 2.89 bits per heavy atom. The number of hydrogen-bond donors (Lipinski definition) is 1. The fraction of sp³-hybridized carbons (Fsp3) is 0.182. The number of halogens is 2. The normalized spacial score (nSPS) is 14.3. The Bertz CT molecular complexity index is 558. The second-order valence-corrected chi connectivity index (χ2v) is 4.55. The van der Waals surface area contributed by atoms with Gasteiger partial charge in [-0.1, -0.05) is 17.8 Å². The van der Waals surface area contributed by atoms with Crippen LogP contribution < -0.4 is 0 Å². The van der Waals surface area contributed by atoms with E-state index in [1.54, 1.807) is 0 Å². The average molecular weight is 270 g/mol. The maximum Gasteiger partial charge on any atom is 0.313 e. The highest BCUT2D eigenvalue weighted by Gasteiger charge is 2.20. The molecule has 18 heavy (non-hydrogen) atoms. The molecule has 0 unspecified atom stereocenters. The molecule has 1 aromatic carbocycles. The first-order valence-electron chi connectivity index (χ1n) is 5.00. The van der Waals surface area contributed by atoms with Crippen molar-refractivity contribution in [2.24, 2.45) is 10.2 Å². The summed E-state index contributed by atoms with van der Waals surface area (Å²) in [6.45, 7) is 0. The van der Waals surface area contributed by atoms with E-state index in [1.807, 2.05) is 0 Å². The lowest BCUT2D eigenvalue weighted by molar-refractivity contribution is -0.133. The molecule has 0 spiro atoms. The highest BCUT2D eigenvalue weighted by molar-refractivity contribution is 8.14. The second-order valence-electron chi connectivity index (χ2n) is 3.50. The molecule has 7 heteroatoms. The van der Waals surface area contributed by atoms with Gasteiger partial charge < -0.3 is 5.11 Å². The first-order chi connectivity index (χ1) is 8.58. The van der Waals surface area contributed by atoms with E-state index in [4.69, 9.17) is 5.11 Å². The van der Waals surface area contributed by atoms with Crippen LogP contribution >= 0.6 is 11.8 Å². The Morgan fingerprint density at radius 1 is 1.39 bits per heavy atom. The summed E-state index contributed by atoms with van der Waals surface area (Å²) in [5.41, 5.74) is 0.365. The molecule has 0 radical (unpaired) electrons. The number of nitrogens with zero attached hydrogens (tertiary/aromatic N) is 2. The Labute approximate surface area is 105 Å². The third kappa shape index (κ3) is 2.73. The summed E-state index contributed by atoms with van der Waals surface area (Å²) < 4.78 is 26.5. The summed E-state index contributed by atoms with van der Waals surface area (Å²) in [5.74, 6) is -3.00. The monoisotopic (exact) mass is 270 g/mol. The van der Waals surface area contributed by atoms with E-state index in [0.717, 1.165) is 17.8 Å². The summed E-state index contributed by atoms with van der Waals surface area (Å²) in [7, 11) is 0. The molecular formula is C11H8F2N2O2S. The highest BCUT2D eigenvalue weighted by atomic mass is 32.2. The van der Waals surface area contributed by atoms with Gasteiger partial charge in [0.05, 0.1) is 11.5 Å². The number of hydrogen-bond acceptors (Lipinski definition) is 4. The summed E-state index contributed by atoms with van der Waals surface area (Å²) >= 11 is 1.02. The lowest BCUT2D eigenvalue weighted by Crippen LogP contribution is -2.07. The molecule has 0 atom stereocenters. The smallest absolute Gasteiger partial charge is 0.313 e. The minimum Gasteiger partial charge on any atom is -0.481 e. The molecule has 0 saturated carbocycles. The molecule has 0 fully saturated rings. The predicted octanol–water partition coefficient (Wildman–Crippen LogP) is 2.29. The van der Waals surface area contributed by atoms with Gasteiger partial charge in [0.1, 0.15) is 5.04 Å². The molecular weight excluding hydrogens is 262 g/mol. The highest BCUT2D eigenvalue weighted by Crippen LogP contribution is 2.21. The lowest BCUT2D eigenvalue weighted by Gasteiger charge is -2.02. The standard InChI is InChI=1S/C11H8F2N2O2S/c12-7-3-1-2-6(11(7)13)8-4-9(15-14-8)18-5-10(16)17/h1-3H,4-5H2,(H,16,17). The number of thioether (sulfide) groups is 1. The van der Waals surface area contributed by atoms with E-state index >= 15 is 0 Å². The molecule has 0 aromatic heterocycles. The number of carboxylic acid groups (broad SMARTS) is 1. The van der Waals surface area contributed by atoms with Gasteiger partial charge in [0.2, 0.25) is 0 Å². The Morgan fingerprint density at radius 2 is 2.17 bits per heavy atom. The van der Waals surface area contributed by atoms with E-state index in [1.165, 1.54) is 12.1 Å². The summed E-state index contributed by atoms with van der Waals surface area (Å²) in [4.78, 5) is 10.4. The van der Waals surface area contributed by atoms with Gasteiger partial charge in [0.15, 0.2) is 11.6 Å². The molecule has 1 aromatic rings. The van der Waals surface area contributed by atoms with Gasteiger partial charge in [-0.15, -0.1) is 5.10 Å². The van der Waals surface area contributed by atoms with Gasteiger partial charge in [-0.05, 0) is 12.1 Å². The second kappa shape index (κ2) is 5.26. The van der Waals surface area contributed by atoms with Crippen molar-refractivity contribution < 1.29 is 18.7 Å². The average Bonchev–Trinajstić information content (AvgIpc) is 2.78. The molecule has 0 amide bonds. The molecule has 4 nitrogen and oxygen atoms in total. The van der Waals surface area contributed by atoms with E-state index in [9.17, 15) is 13.6 Å². The van der Waals surface area contributed by atoms with Crippen LogP contribution in [-0.4, -0.2) is 27.6 Å². The fourth-order valence-electron chi connectivity index (χ4n) is 1.43. The molecule has 1 aliphatic heterocycles. The van der Waals surface area contributed by atoms with E-state index in [-0.39, 0.29) is 17.7 Å². The molecule has 94 valence electrons. The van der Waals surface area contributed by atoms with Crippen LogP contribution in [0, 0.1) is 11.6 Å². The zero-order chi connectivity index (χ0) is 13.1. The largest absolute Gasteiger partial charge is 0.481 e. The van der Waals surface area contributed by atoms with Crippen LogP contribution in [0.2, 0.25) is 0 Å². The summed E-state index contributed by atoms with van der Waals surface area (Å²) in [6.07, 6.45) is 0.221. The van der Waals surface area contributed by atoms with Gasteiger partial charge in [-0.3, -0.25) is 4.79 Å². The van der Waals surface area contributed by atoms with Crippen LogP contribution in [0.3, 0.4) is 0 Å². The van der Waals surface area contributed by atoms with Crippen molar-refractivity contribution in [1.82, 2.24) is 0 Å². The van der Waals surface area contributed by atoms with Crippen molar-refractivity contribution in [2.75, 3.05) is 5.75 Å². The quantitative estimate of drug-likeness (QED) is 0.916. The summed E-state index contributed by atoms with van der Waals surface area (Å²) in [6, 6.07) is 3.82. The number of benzene rings is 1. The summed E-state index contributed by atoms with van der Waals surface area (Å²) in [5, 5.41) is 16.5. The van der Waals surface area contributed by atoms with Gasteiger partial charge in [-0.25, -0.2) is 8.78 Å². The van der Waals surface area contributed by atoms with E-state index in [0.29, 0.717) is 10.8 Å². The SMILES string of the molecule is O=C(O)CSC1=NN=C(c2cccc(F)c2F)C1. The van der Waals surface area contributed by atoms with E-state index < -0.39 is 17.6 Å². The molecule has 0 aliphatic carbocycles. The van der Waals surface area contributed by atoms with Gasteiger partial charge in [0.25, 0.3) is 0 Å². The van der Waals surface area contributed by atoms with Crippen LogP contribution in [0.5, 0.6) is 0 Å². The molecule has 0 saturated heterocycles. The van der Waals surface area contributed by atoms with Crippen LogP contribution in [0.15, 0.2) is 28.4 Å². The van der Waals surface area contributed by atoms with Crippen LogP contribution in [0.25, 0.3) is 0 Å². The first kappa shape index (κ1) is 12.7. The van der Waals surface area contributed by atoms with E-state index in [2.05, 4.69) is 10.2 Å². The van der Waals surface area contributed by atoms with Crippen molar-refractivity contribution in [2.45, 2.75) is 6.42 Å². The van der Waals surface area contributed by atoms with Crippen molar-refractivity contribution in [1.29, 1.82) is 0 Å². The number of aliphatic carboxylic acids is 1. The zero-order valence-corrected chi connectivity index (χ0v) is 9.88. The molecule has 1 heterocycles. The van der Waals surface area contributed by atoms with Crippen molar-refractivity contribution in [3.8, 4) is 0 Å². The van der Waals surface area contributed by atoms with Gasteiger partial charge in [-0.2, -0.15) is 5.10 Å².